The van der Waals surface area contributed by atoms with Crippen LogP contribution in [0.15, 0.2) is 24.5 Å². The van der Waals surface area contributed by atoms with Crippen molar-refractivity contribution in [2.24, 2.45) is 5.92 Å². The number of nitrogens with one attached hydrogen (secondary N) is 2. The van der Waals surface area contributed by atoms with Gasteiger partial charge in [-0.05, 0) is 62.4 Å². The van der Waals surface area contributed by atoms with Gasteiger partial charge < -0.3 is 10.6 Å². The van der Waals surface area contributed by atoms with Gasteiger partial charge in [-0.15, -0.1) is 0 Å². The minimum atomic E-state index is 0.102. The van der Waals surface area contributed by atoms with E-state index in [-0.39, 0.29) is 5.78 Å². The molecular formula is C20H24N4O. The molecule has 1 fully saturated rings. The Balaban J connectivity index is 1.52. The topological polar surface area (TPSA) is 66.9 Å². The van der Waals surface area contributed by atoms with Crippen LogP contribution in [0.3, 0.4) is 0 Å². The van der Waals surface area contributed by atoms with Crippen LogP contribution in [0.4, 0.5) is 5.82 Å². The van der Waals surface area contributed by atoms with Crippen LogP contribution in [0.1, 0.15) is 47.8 Å². The lowest BCUT2D eigenvalue weighted by atomic mass is 9.95. The Kier molecular flexibility index (Phi) is 4.49. The number of piperidine rings is 1. The molecule has 0 atom stereocenters. The molecule has 2 heterocycles. The Bertz CT molecular complexity index is 796. The number of Topliss-reactive ketones (excluding diaryl/α,β-unsaturated/α-hetero) is 1. The highest BCUT2D eigenvalue weighted by molar-refractivity contribution is 5.96. The van der Waals surface area contributed by atoms with E-state index >= 15 is 0 Å². The molecule has 2 aliphatic rings. The van der Waals surface area contributed by atoms with Gasteiger partial charge in [-0.1, -0.05) is 12.1 Å². The lowest BCUT2D eigenvalue weighted by molar-refractivity contribution is 0.101. The standard InChI is InChI=1S/C20H24N4O/c1-13(25)15-2-3-17-16(10-15)11-18-19(17)20(24-12-23-18)22-9-6-14-4-7-21-8-5-14/h2-3,10,12,14,21H,4-9,11H2,1H3,(H,22,23,24). The van der Waals surface area contributed by atoms with Gasteiger partial charge in [-0.25, -0.2) is 9.97 Å². The van der Waals surface area contributed by atoms with E-state index in [2.05, 4.69) is 20.6 Å². The normalized spacial score (nSPS) is 16.4. The number of anilines is 1. The van der Waals surface area contributed by atoms with Crippen molar-refractivity contribution in [1.82, 2.24) is 15.3 Å². The van der Waals surface area contributed by atoms with Crippen molar-refractivity contribution in [2.75, 3.05) is 25.0 Å². The third-order valence-corrected chi connectivity index (χ3v) is 5.37. The number of carbonyl (C=O) groups is 1. The molecule has 1 saturated heterocycles. The van der Waals surface area contributed by atoms with E-state index < -0.39 is 0 Å². The Morgan fingerprint density at radius 1 is 1.28 bits per heavy atom. The van der Waals surface area contributed by atoms with E-state index in [1.165, 1.54) is 24.8 Å². The number of aromatic nitrogens is 2. The summed E-state index contributed by atoms with van der Waals surface area (Å²) in [4.78, 5) is 20.6. The molecule has 1 aromatic heterocycles. The molecule has 1 aliphatic heterocycles. The lowest BCUT2D eigenvalue weighted by Gasteiger charge is -2.22. The number of hydrogen-bond donors (Lipinski definition) is 2. The minimum absolute atomic E-state index is 0.102. The van der Waals surface area contributed by atoms with Gasteiger partial charge in [0.15, 0.2) is 5.78 Å². The SMILES string of the molecule is CC(=O)c1ccc2c(c1)Cc1ncnc(NCCC3CCNCC3)c1-2. The maximum Gasteiger partial charge on any atom is 0.159 e. The fourth-order valence-corrected chi connectivity index (χ4v) is 3.92. The van der Waals surface area contributed by atoms with E-state index in [1.807, 2.05) is 18.2 Å². The molecule has 2 N–H and O–H groups in total. The largest absolute Gasteiger partial charge is 0.369 e. The van der Waals surface area contributed by atoms with Gasteiger partial charge in [0.2, 0.25) is 0 Å². The Morgan fingerprint density at radius 2 is 2.12 bits per heavy atom. The molecule has 0 saturated carbocycles. The molecule has 0 radical (unpaired) electrons. The van der Waals surface area contributed by atoms with Crippen molar-refractivity contribution in [3.8, 4) is 11.1 Å². The van der Waals surface area contributed by atoms with Gasteiger partial charge in [0.25, 0.3) is 0 Å². The monoisotopic (exact) mass is 336 g/mol. The van der Waals surface area contributed by atoms with Crippen LogP contribution in [0.5, 0.6) is 0 Å². The summed E-state index contributed by atoms with van der Waals surface area (Å²) < 4.78 is 0. The van der Waals surface area contributed by atoms with Gasteiger partial charge in [0.05, 0.1) is 5.69 Å². The molecule has 5 heteroatoms. The average Bonchev–Trinajstić information content (AvgIpc) is 3.01. The number of fused-ring (bicyclic) bond motifs is 3. The van der Waals surface area contributed by atoms with Crippen molar-refractivity contribution >= 4 is 11.6 Å². The summed E-state index contributed by atoms with van der Waals surface area (Å²) in [5, 5.41) is 6.95. The van der Waals surface area contributed by atoms with Crippen LogP contribution in [-0.2, 0) is 6.42 Å². The molecule has 0 spiro atoms. The molecule has 0 amide bonds. The highest BCUT2D eigenvalue weighted by atomic mass is 16.1. The van der Waals surface area contributed by atoms with Crippen LogP contribution in [-0.4, -0.2) is 35.4 Å². The number of carbonyl (C=O) groups excluding carboxylic acids is 1. The average molecular weight is 336 g/mol. The Morgan fingerprint density at radius 3 is 2.92 bits per heavy atom. The third kappa shape index (κ3) is 3.29. The molecule has 0 bridgehead atoms. The first-order valence-electron chi connectivity index (χ1n) is 9.15. The minimum Gasteiger partial charge on any atom is -0.369 e. The van der Waals surface area contributed by atoms with Crippen molar-refractivity contribution in [2.45, 2.75) is 32.6 Å². The van der Waals surface area contributed by atoms with Gasteiger partial charge in [-0.2, -0.15) is 0 Å². The van der Waals surface area contributed by atoms with Crippen LogP contribution < -0.4 is 10.6 Å². The zero-order valence-electron chi connectivity index (χ0n) is 14.6. The molecule has 25 heavy (non-hydrogen) atoms. The molecule has 130 valence electrons. The van der Waals surface area contributed by atoms with Gasteiger partial charge in [0.1, 0.15) is 12.1 Å². The second kappa shape index (κ2) is 6.92. The number of hydrogen-bond acceptors (Lipinski definition) is 5. The van der Waals surface area contributed by atoms with E-state index in [0.717, 1.165) is 60.2 Å². The zero-order chi connectivity index (χ0) is 17.2. The second-order valence-corrected chi connectivity index (χ2v) is 7.06. The van der Waals surface area contributed by atoms with E-state index in [4.69, 9.17) is 0 Å². The Hall–Kier alpha value is -2.27. The fraction of sp³-hybridized carbons (Fsp3) is 0.450. The van der Waals surface area contributed by atoms with Crippen molar-refractivity contribution in [1.29, 1.82) is 0 Å². The summed E-state index contributed by atoms with van der Waals surface area (Å²) in [6.45, 7) is 4.82. The molecule has 2 aromatic rings. The lowest BCUT2D eigenvalue weighted by Crippen LogP contribution is -2.28. The van der Waals surface area contributed by atoms with Gasteiger partial charge >= 0.3 is 0 Å². The highest BCUT2D eigenvalue weighted by Gasteiger charge is 2.24. The third-order valence-electron chi connectivity index (χ3n) is 5.37. The number of benzene rings is 1. The first kappa shape index (κ1) is 16.2. The first-order valence-corrected chi connectivity index (χ1v) is 9.15. The van der Waals surface area contributed by atoms with E-state index in [0.29, 0.717) is 0 Å². The Labute approximate surface area is 148 Å². The van der Waals surface area contributed by atoms with Crippen LogP contribution in [0, 0.1) is 5.92 Å². The van der Waals surface area contributed by atoms with Crippen molar-refractivity contribution in [3.05, 3.63) is 41.3 Å². The quantitative estimate of drug-likeness (QED) is 0.701. The number of ketones is 1. The maximum absolute atomic E-state index is 11.6. The predicted octanol–water partition coefficient (Wildman–Crippen LogP) is 3.05. The molecule has 5 nitrogen and oxygen atoms in total. The molecule has 1 aliphatic carbocycles. The second-order valence-electron chi connectivity index (χ2n) is 7.06. The van der Waals surface area contributed by atoms with Crippen LogP contribution in [0.25, 0.3) is 11.1 Å². The van der Waals surface area contributed by atoms with E-state index in [9.17, 15) is 4.79 Å². The highest BCUT2D eigenvalue weighted by Crippen LogP contribution is 2.39. The van der Waals surface area contributed by atoms with Gasteiger partial charge in [0, 0.05) is 24.1 Å². The summed E-state index contributed by atoms with van der Waals surface area (Å²) >= 11 is 0. The molecule has 4 rings (SSSR count). The first-order chi connectivity index (χ1) is 12.2. The summed E-state index contributed by atoms with van der Waals surface area (Å²) in [5.41, 5.74) is 5.25. The smallest absolute Gasteiger partial charge is 0.159 e. The van der Waals surface area contributed by atoms with Crippen LogP contribution in [0.2, 0.25) is 0 Å². The molecule has 1 aromatic carbocycles. The number of nitrogens with zero attached hydrogens (tertiary/aromatic N) is 2. The van der Waals surface area contributed by atoms with Gasteiger partial charge in [-0.3, -0.25) is 4.79 Å². The summed E-state index contributed by atoms with van der Waals surface area (Å²) in [6, 6.07) is 5.94. The molecule has 0 unspecified atom stereocenters. The van der Waals surface area contributed by atoms with E-state index in [1.54, 1.807) is 13.3 Å². The maximum atomic E-state index is 11.6. The predicted molar refractivity (Wildman–Crippen MR) is 99.0 cm³/mol. The molecular weight excluding hydrogens is 312 g/mol. The van der Waals surface area contributed by atoms with Crippen molar-refractivity contribution < 1.29 is 4.79 Å². The van der Waals surface area contributed by atoms with Crippen LogP contribution >= 0.6 is 0 Å². The fourth-order valence-electron chi connectivity index (χ4n) is 3.92. The van der Waals surface area contributed by atoms with Crippen molar-refractivity contribution in [3.63, 3.8) is 0 Å². The summed E-state index contributed by atoms with van der Waals surface area (Å²) in [6.07, 6.45) is 6.12. The zero-order valence-corrected chi connectivity index (χ0v) is 14.6. The summed E-state index contributed by atoms with van der Waals surface area (Å²) in [7, 11) is 0. The summed E-state index contributed by atoms with van der Waals surface area (Å²) in [5.74, 6) is 1.83. The number of rotatable bonds is 5.